The smallest absolute Gasteiger partial charge is 0.254 e. The van der Waals surface area contributed by atoms with E-state index in [1.54, 1.807) is 12.4 Å². The van der Waals surface area contributed by atoms with Crippen molar-refractivity contribution in [3.8, 4) is 22.3 Å². The molecule has 4 heterocycles. The van der Waals surface area contributed by atoms with Crippen molar-refractivity contribution < 1.29 is 19.4 Å². The number of hydrogen-bond acceptors (Lipinski definition) is 8. The second-order valence-corrected chi connectivity index (χ2v) is 12.2. The molecule has 10 heteroatoms. The summed E-state index contributed by atoms with van der Waals surface area (Å²) >= 11 is 0. The van der Waals surface area contributed by atoms with Crippen molar-refractivity contribution in [1.29, 1.82) is 0 Å². The maximum atomic E-state index is 13.0. The number of ether oxygens (including phenoxy) is 1. The first-order valence-corrected chi connectivity index (χ1v) is 16.4. The van der Waals surface area contributed by atoms with Gasteiger partial charge in [0.25, 0.3) is 5.91 Å². The van der Waals surface area contributed by atoms with Gasteiger partial charge in [0.2, 0.25) is 0 Å². The number of aliphatic hydroxyl groups is 1. The minimum Gasteiger partial charge on any atom is -0.392 e. The van der Waals surface area contributed by atoms with E-state index in [0.29, 0.717) is 38.3 Å². The molecule has 1 amide bonds. The van der Waals surface area contributed by atoms with Crippen LogP contribution in [0.25, 0.3) is 27.9 Å². The summed E-state index contributed by atoms with van der Waals surface area (Å²) in [5.41, 5.74) is 11.1. The summed E-state index contributed by atoms with van der Waals surface area (Å²) in [7, 11) is 0. The normalized spacial score (nSPS) is 17.2. The first-order chi connectivity index (χ1) is 23.5. The first kappa shape index (κ1) is 31.3. The molecule has 0 bridgehead atoms. The number of aliphatic hydroxyl groups excluding tert-OH is 1. The van der Waals surface area contributed by atoms with Gasteiger partial charge in [0.15, 0.2) is 11.9 Å². The third kappa shape index (κ3) is 5.74. The summed E-state index contributed by atoms with van der Waals surface area (Å²) in [4.78, 5) is 32.1. The Morgan fingerprint density at radius 1 is 1.06 bits per heavy atom. The van der Waals surface area contributed by atoms with Crippen LogP contribution in [0.15, 0.2) is 90.4 Å². The van der Waals surface area contributed by atoms with Crippen LogP contribution < -0.4 is 10.7 Å². The fourth-order valence-corrected chi connectivity index (χ4v) is 6.81. The van der Waals surface area contributed by atoms with Gasteiger partial charge in [-0.1, -0.05) is 56.2 Å². The lowest BCUT2D eigenvalue weighted by Crippen LogP contribution is -2.44. The maximum absolute atomic E-state index is 13.0. The molecule has 244 valence electrons. The van der Waals surface area contributed by atoms with Gasteiger partial charge in [0.05, 0.1) is 31.7 Å². The number of carbonyl (C=O) groups excluding carboxylic acids is 2. The van der Waals surface area contributed by atoms with Crippen LogP contribution >= 0.6 is 0 Å². The highest BCUT2D eigenvalue weighted by molar-refractivity contribution is 5.95. The van der Waals surface area contributed by atoms with Gasteiger partial charge in [-0.15, -0.1) is 0 Å². The predicted molar refractivity (Wildman–Crippen MR) is 186 cm³/mol. The fraction of sp³-hybridized carbons (Fsp3) is 0.263. The Labute approximate surface area is 279 Å². The number of anilines is 2. The van der Waals surface area contributed by atoms with E-state index in [1.807, 2.05) is 88.4 Å². The Hall–Kier alpha value is -5.32. The molecule has 3 N–H and O–H groups in total. The Kier molecular flexibility index (Phi) is 8.75. The van der Waals surface area contributed by atoms with Crippen LogP contribution in [-0.4, -0.2) is 64.1 Å². The lowest BCUT2D eigenvalue weighted by Gasteiger charge is -2.34. The van der Waals surface area contributed by atoms with Crippen LogP contribution in [-0.2, 0) is 21.7 Å². The SMILES string of the molecule is CCCCC1(C=O)NN=Cc2cccc(-c3cccc(-c4cc(Nc5ccc(C(=O)N6CCOCC6)cc5)c5nccn5c4)c3CO)c21. The number of benzene rings is 3. The molecular weight excluding hydrogens is 604 g/mol. The topological polar surface area (TPSA) is 121 Å². The van der Waals surface area contributed by atoms with Gasteiger partial charge >= 0.3 is 0 Å². The van der Waals surface area contributed by atoms with Gasteiger partial charge in [0, 0.05) is 59.6 Å². The van der Waals surface area contributed by atoms with Crippen molar-refractivity contribution in [2.75, 3.05) is 31.6 Å². The van der Waals surface area contributed by atoms with E-state index in [1.165, 1.54) is 0 Å². The van der Waals surface area contributed by atoms with Gasteiger partial charge in [0.1, 0.15) is 5.54 Å². The molecule has 1 unspecified atom stereocenters. The molecule has 48 heavy (non-hydrogen) atoms. The Morgan fingerprint density at radius 2 is 1.83 bits per heavy atom. The van der Waals surface area contributed by atoms with Crippen LogP contribution in [0.4, 0.5) is 11.4 Å². The maximum Gasteiger partial charge on any atom is 0.254 e. The molecule has 1 fully saturated rings. The zero-order valence-corrected chi connectivity index (χ0v) is 26.9. The number of nitrogens with zero attached hydrogens (tertiary/aromatic N) is 4. The number of imidazole rings is 1. The predicted octanol–water partition coefficient (Wildman–Crippen LogP) is 5.90. The summed E-state index contributed by atoms with van der Waals surface area (Å²) in [6.07, 6.45) is 10.8. The number of unbranched alkanes of at least 4 members (excludes halogenated alkanes) is 1. The Morgan fingerprint density at radius 3 is 2.60 bits per heavy atom. The molecule has 10 nitrogen and oxygen atoms in total. The number of carbonyl (C=O) groups is 2. The van der Waals surface area contributed by atoms with Gasteiger partial charge in [-0.25, -0.2) is 4.98 Å². The van der Waals surface area contributed by atoms with E-state index in [0.717, 1.165) is 75.1 Å². The summed E-state index contributed by atoms with van der Waals surface area (Å²) in [5, 5.41) is 18.8. The summed E-state index contributed by atoms with van der Waals surface area (Å²) in [6.45, 7) is 4.20. The van der Waals surface area contributed by atoms with E-state index in [-0.39, 0.29) is 12.5 Å². The number of aldehydes is 1. The number of fused-ring (bicyclic) bond motifs is 2. The molecule has 0 spiro atoms. The highest BCUT2D eigenvalue weighted by Gasteiger charge is 2.38. The molecule has 7 rings (SSSR count). The van der Waals surface area contributed by atoms with Crippen molar-refractivity contribution in [3.05, 3.63) is 108 Å². The van der Waals surface area contributed by atoms with E-state index in [9.17, 15) is 14.7 Å². The minimum atomic E-state index is -0.964. The van der Waals surface area contributed by atoms with Crippen LogP contribution in [0, 0.1) is 0 Å². The van der Waals surface area contributed by atoms with Crippen molar-refractivity contribution in [3.63, 3.8) is 0 Å². The third-order valence-electron chi connectivity index (χ3n) is 9.27. The number of pyridine rings is 1. The molecule has 2 aliphatic rings. The zero-order valence-electron chi connectivity index (χ0n) is 26.9. The average molecular weight is 643 g/mol. The van der Waals surface area contributed by atoms with Crippen LogP contribution in [0.5, 0.6) is 0 Å². The zero-order chi connectivity index (χ0) is 33.1. The summed E-state index contributed by atoms with van der Waals surface area (Å²) in [6, 6.07) is 21.4. The Balaban J connectivity index is 1.27. The van der Waals surface area contributed by atoms with Crippen molar-refractivity contribution in [2.24, 2.45) is 5.10 Å². The van der Waals surface area contributed by atoms with Crippen LogP contribution in [0.3, 0.4) is 0 Å². The van der Waals surface area contributed by atoms with Crippen LogP contribution in [0.1, 0.15) is 53.2 Å². The summed E-state index contributed by atoms with van der Waals surface area (Å²) < 4.78 is 7.34. The van der Waals surface area contributed by atoms with Gasteiger partial charge < -0.3 is 29.3 Å². The second-order valence-electron chi connectivity index (χ2n) is 12.2. The largest absolute Gasteiger partial charge is 0.392 e. The number of nitrogens with one attached hydrogen (secondary N) is 2. The number of hydrogen-bond donors (Lipinski definition) is 3. The molecular formula is C38H38N6O4. The second kappa shape index (κ2) is 13.4. The molecule has 0 saturated carbocycles. The van der Waals surface area contributed by atoms with Crippen LogP contribution in [0.2, 0.25) is 0 Å². The number of morpholine rings is 1. The molecule has 3 aromatic carbocycles. The molecule has 5 aromatic rings. The van der Waals surface area contributed by atoms with E-state index in [2.05, 4.69) is 27.8 Å². The molecule has 0 aliphatic carbocycles. The highest BCUT2D eigenvalue weighted by Crippen LogP contribution is 2.42. The van der Waals surface area contributed by atoms with Crippen molar-refractivity contribution in [2.45, 2.75) is 38.3 Å². The molecule has 2 aromatic heterocycles. The van der Waals surface area contributed by atoms with E-state index < -0.39 is 5.54 Å². The Bertz CT molecular complexity index is 2000. The lowest BCUT2D eigenvalue weighted by atomic mass is 9.77. The van der Waals surface area contributed by atoms with Gasteiger partial charge in [-0.2, -0.15) is 5.10 Å². The van der Waals surface area contributed by atoms with Crippen molar-refractivity contribution in [1.82, 2.24) is 19.7 Å². The van der Waals surface area contributed by atoms with Crippen molar-refractivity contribution >= 4 is 35.4 Å². The van der Waals surface area contributed by atoms with E-state index in [4.69, 9.17) is 4.74 Å². The lowest BCUT2D eigenvalue weighted by molar-refractivity contribution is -0.114. The molecule has 1 atom stereocenters. The van der Waals surface area contributed by atoms with Gasteiger partial charge in [-0.05, 0) is 59.0 Å². The number of rotatable bonds is 10. The molecule has 0 radical (unpaired) electrons. The number of aromatic nitrogens is 2. The number of hydrazone groups is 1. The third-order valence-corrected chi connectivity index (χ3v) is 9.27. The molecule has 1 saturated heterocycles. The van der Waals surface area contributed by atoms with E-state index >= 15 is 0 Å². The quantitative estimate of drug-likeness (QED) is 0.162. The monoisotopic (exact) mass is 642 g/mol. The number of amides is 1. The average Bonchev–Trinajstić information content (AvgIpc) is 3.63. The standard InChI is InChI=1S/C38H38N6O4/c1-2-3-14-38(25-46)35-27(22-40-42-38)6-4-9-32(35)31-8-5-7-30(33(31)24-45)28-21-34(36-39-15-16-44(36)23-28)41-29-12-10-26(11-13-29)37(47)43-17-19-48-20-18-43/h4-13,15-16,21-23,25,41-42,45H,2-3,14,17-20,24H2,1H3. The summed E-state index contributed by atoms with van der Waals surface area (Å²) in [5.74, 6) is -0.00240. The van der Waals surface area contributed by atoms with Gasteiger partial charge in [-0.3, -0.25) is 10.2 Å². The fourth-order valence-electron chi connectivity index (χ4n) is 6.81. The molecule has 2 aliphatic heterocycles. The minimum absolute atomic E-state index is 0.00240. The highest BCUT2D eigenvalue weighted by atomic mass is 16.5. The first-order valence-electron chi connectivity index (χ1n) is 16.4.